The highest BCUT2D eigenvalue weighted by Gasteiger charge is 2.28. The van der Waals surface area contributed by atoms with Crippen LogP contribution in [0.15, 0.2) is 33.7 Å². The number of rotatable bonds is 7. The van der Waals surface area contributed by atoms with Gasteiger partial charge in [0.1, 0.15) is 0 Å². The number of sulfonamides is 2. The molecule has 0 bridgehead atoms. The lowest BCUT2D eigenvalue weighted by Gasteiger charge is -2.28. The number of benzene rings is 1. The van der Waals surface area contributed by atoms with Crippen molar-refractivity contribution in [1.29, 1.82) is 0 Å². The maximum Gasteiger partial charge on any atom is 0.241 e. The van der Waals surface area contributed by atoms with Crippen molar-refractivity contribution in [3.8, 4) is 0 Å². The average Bonchev–Trinajstić information content (AvgIpc) is 3.15. The molecule has 29 heavy (non-hydrogen) atoms. The van der Waals surface area contributed by atoms with Gasteiger partial charge >= 0.3 is 0 Å². The largest absolute Gasteiger partial charge is 0.338 e. The molecule has 0 spiro atoms. The maximum atomic E-state index is 12.5. The Morgan fingerprint density at radius 3 is 2.31 bits per heavy atom. The van der Waals surface area contributed by atoms with Crippen LogP contribution in [-0.4, -0.2) is 50.6 Å². The topological polar surface area (TPSA) is 122 Å². The van der Waals surface area contributed by atoms with E-state index in [1.54, 1.807) is 24.3 Å². The van der Waals surface area contributed by atoms with Crippen LogP contribution in [0.1, 0.15) is 55.8 Å². The molecule has 3 rings (SSSR count). The highest BCUT2D eigenvalue weighted by molar-refractivity contribution is 7.89. The van der Waals surface area contributed by atoms with Gasteiger partial charge in [-0.05, 0) is 36.5 Å². The average molecular weight is 443 g/mol. The zero-order valence-electron chi connectivity index (χ0n) is 16.7. The number of nitrogens with zero attached hydrogens (tertiary/aromatic N) is 3. The van der Waals surface area contributed by atoms with E-state index < -0.39 is 20.0 Å². The van der Waals surface area contributed by atoms with Crippen molar-refractivity contribution in [2.75, 3.05) is 19.3 Å². The standard InChI is InChI=1S/C18H26N4O5S2/c1-13(2)14-4-6-16(7-5-14)29(25,26)19-12-17-20-18(21-27-17)15-8-10-22(11-9-15)28(3,23)24/h4-7,13,15,19H,8-12H2,1-3H3. The van der Waals surface area contributed by atoms with Crippen molar-refractivity contribution in [3.63, 3.8) is 0 Å². The van der Waals surface area contributed by atoms with E-state index >= 15 is 0 Å². The van der Waals surface area contributed by atoms with E-state index in [-0.39, 0.29) is 23.2 Å². The van der Waals surface area contributed by atoms with Gasteiger partial charge in [0, 0.05) is 19.0 Å². The minimum atomic E-state index is -3.69. The third kappa shape index (κ3) is 5.41. The predicted molar refractivity (Wildman–Crippen MR) is 107 cm³/mol. The second kappa shape index (κ2) is 8.50. The summed E-state index contributed by atoms with van der Waals surface area (Å²) in [4.78, 5) is 4.46. The molecule has 0 saturated carbocycles. The van der Waals surface area contributed by atoms with Gasteiger partial charge in [0.15, 0.2) is 5.82 Å². The minimum absolute atomic E-state index is 0.00863. The number of hydrogen-bond acceptors (Lipinski definition) is 7. The van der Waals surface area contributed by atoms with Gasteiger partial charge in [0.2, 0.25) is 25.9 Å². The summed E-state index contributed by atoms with van der Waals surface area (Å²) in [5.74, 6) is 0.966. The number of piperidine rings is 1. The molecule has 0 aliphatic carbocycles. The highest BCUT2D eigenvalue weighted by Crippen LogP contribution is 2.27. The van der Waals surface area contributed by atoms with Crippen LogP contribution in [0.4, 0.5) is 0 Å². The van der Waals surface area contributed by atoms with E-state index in [2.05, 4.69) is 14.9 Å². The monoisotopic (exact) mass is 442 g/mol. The fourth-order valence-corrected chi connectivity index (χ4v) is 5.07. The Morgan fingerprint density at radius 2 is 1.76 bits per heavy atom. The van der Waals surface area contributed by atoms with E-state index in [1.807, 2.05) is 13.8 Å². The van der Waals surface area contributed by atoms with Gasteiger partial charge in [-0.2, -0.15) is 4.98 Å². The Balaban J connectivity index is 1.59. The van der Waals surface area contributed by atoms with E-state index in [9.17, 15) is 16.8 Å². The molecule has 0 radical (unpaired) electrons. The van der Waals surface area contributed by atoms with Crippen LogP contribution < -0.4 is 4.72 Å². The fraction of sp³-hybridized carbons (Fsp3) is 0.556. The molecule has 1 fully saturated rings. The van der Waals surface area contributed by atoms with Crippen LogP contribution in [0.3, 0.4) is 0 Å². The highest BCUT2D eigenvalue weighted by atomic mass is 32.2. The van der Waals surface area contributed by atoms with Gasteiger partial charge in [-0.25, -0.2) is 25.9 Å². The lowest BCUT2D eigenvalue weighted by atomic mass is 9.98. The lowest BCUT2D eigenvalue weighted by Crippen LogP contribution is -2.37. The smallest absolute Gasteiger partial charge is 0.241 e. The Morgan fingerprint density at radius 1 is 1.14 bits per heavy atom. The predicted octanol–water partition coefficient (Wildman–Crippen LogP) is 1.81. The molecule has 0 atom stereocenters. The summed E-state index contributed by atoms with van der Waals surface area (Å²) in [7, 11) is -6.88. The Labute approximate surface area is 171 Å². The zero-order chi connectivity index (χ0) is 21.2. The number of aromatic nitrogens is 2. The van der Waals surface area contributed by atoms with Crippen molar-refractivity contribution < 1.29 is 21.4 Å². The molecule has 1 aliphatic rings. The van der Waals surface area contributed by atoms with Crippen LogP contribution >= 0.6 is 0 Å². The summed E-state index contributed by atoms with van der Waals surface area (Å²) in [5.41, 5.74) is 1.06. The molecular formula is C18H26N4O5S2. The Bertz CT molecular complexity index is 1040. The van der Waals surface area contributed by atoms with E-state index in [1.165, 1.54) is 10.6 Å². The molecule has 1 saturated heterocycles. The molecule has 11 heteroatoms. The van der Waals surface area contributed by atoms with Crippen molar-refractivity contribution >= 4 is 20.0 Å². The zero-order valence-corrected chi connectivity index (χ0v) is 18.3. The second-order valence-electron chi connectivity index (χ2n) is 7.53. The molecule has 1 aromatic carbocycles. The molecule has 2 heterocycles. The second-order valence-corrected chi connectivity index (χ2v) is 11.3. The van der Waals surface area contributed by atoms with Gasteiger partial charge in [0.05, 0.1) is 17.7 Å². The first-order valence-electron chi connectivity index (χ1n) is 9.43. The first-order chi connectivity index (χ1) is 13.6. The first-order valence-corrected chi connectivity index (χ1v) is 12.8. The Kier molecular flexibility index (Phi) is 6.42. The Hall–Kier alpha value is -1.82. The van der Waals surface area contributed by atoms with Crippen molar-refractivity contribution in [1.82, 2.24) is 19.2 Å². The molecule has 160 valence electrons. The van der Waals surface area contributed by atoms with Gasteiger partial charge in [0.25, 0.3) is 0 Å². The van der Waals surface area contributed by atoms with Crippen molar-refractivity contribution in [2.24, 2.45) is 0 Å². The fourth-order valence-electron chi connectivity index (χ4n) is 3.22. The lowest BCUT2D eigenvalue weighted by molar-refractivity contribution is 0.306. The number of nitrogens with one attached hydrogen (secondary N) is 1. The van der Waals surface area contributed by atoms with Crippen LogP contribution in [0.2, 0.25) is 0 Å². The quantitative estimate of drug-likeness (QED) is 0.694. The molecular weight excluding hydrogens is 416 g/mol. The third-order valence-electron chi connectivity index (χ3n) is 5.04. The van der Waals surface area contributed by atoms with E-state index in [0.717, 1.165) is 5.56 Å². The molecule has 1 N–H and O–H groups in total. The van der Waals surface area contributed by atoms with Gasteiger partial charge in [-0.15, -0.1) is 0 Å². The SMILES string of the molecule is CC(C)c1ccc(S(=O)(=O)NCc2nc(C3CCN(S(C)(=O)=O)CC3)no2)cc1. The number of hydrogen-bond donors (Lipinski definition) is 1. The van der Waals surface area contributed by atoms with E-state index in [0.29, 0.717) is 37.7 Å². The summed E-state index contributed by atoms with van der Waals surface area (Å²) >= 11 is 0. The molecule has 0 amide bonds. The summed E-state index contributed by atoms with van der Waals surface area (Å²) < 4.78 is 57.2. The van der Waals surface area contributed by atoms with Gasteiger partial charge in [-0.3, -0.25) is 0 Å². The summed E-state index contributed by atoms with van der Waals surface area (Å²) in [6.45, 7) is 4.79. The van der Waals surface area contributed by atoms with Crippen LogP contribution in [0, 0.1) is 0 Å². The van der Waals surface area contributed by atoms with E-state index in [4.69, 9.17) is 4.52 Å². The first kappa shape index (κ1) is 21.9. The normalized spacial score (nSPS) is 17.1. The molecule has 0 unspecified atom stereocenters. The van der Waals surface area contributed by atoms with Crippen LogP contribution in [-0.2, 0) is 26.6 Å². The minimum Gasteiger partial charge on any atom is -0.338 e. The maximum absolute atomic E-state index is 12.5. The summed E-state index contributed by atoms with van der Waals surface area (Å²) in [5, 5.41) is 3.94. The molecule has 2 aromatic rings. The molecule has 1 aromatic heterocycles. The van der Waals surface area contributed by atoms with Crippen molar-refractivity contribution in [3.05, 3.63) is 41.5 Å². The van der Waals surface area contributed by atoms with Gasteiger partial charge in [-0.1, -0.05) is 31.1 Å². The summed E-state index contributed by atoms with van der Waals surface area (Å²) in [6.07, 6.45) is 2.39. The van der Waals surface area contributed by atoms with Crippen LogP contribution in [0.5, 0.6) is 0 Å². The molecule has 1 aliphatic heterocycles. The molecule has 9 nitrogen and oxygen atoms in total. The van der Waals surface area contributed by atoms with Crippen molar-refractivity contribution in [2.45, 2.75) is 50.0 Å². The van der Waals surface area contributed by atoms with Crippen LogP contribution in [0.25, 0.3) is 0 Å². The summed E-state index contributed by atoms with van der Waals surface area (Å²) in [6, 6.07) is 6.75. The van der Waals surface area contributed by atoms with Gasteiger partial charge < -0.3 is 4.52 Å². The third-order valence-corrected chi connectivity index (χ3v) is 7.76.